The number of carbonyl (C=O) groups excluding carboxylic acids is 3. The molecule has 1 unspecified atom stereocenters. The van der Waals surface area contributed by atoms with Crippen molar-refractivity contribution >= 4 is 23.5 Å². The van der Waals surface area contributed by atoms with Crippen molar-refractivity contribution < 1.29 is 29.1 Å². The number of hydroxylamine groups is 1. The van der Waals surface area contributed by atoms with E-state index in [9.17, 15) is 14.4 Å². The molecule has 32 heavy (non-hydrogen) atoms. The Bertz CT molecular complexity index is 719. The standard InChI is InChI=1S/C23H35N3O6/c24-20(23(29)32-19-7-5-6-8-19)15-16-31-18-13-11-17(12-14-18)25-21(27)9-3-1-2-4-10-22(28)26-30/h11-14,19-20,30H,1-10,15-16,24H2,(H,25,27)(H,26,28). The highest BCUT2D eigenvalue weighted by molar-refractivity contribution is 5.90. The van der Waals surface area contributed by atoms with Gasteiger partial charge in [-0.05, 0) is 62.8 Å². The maximum absolute atomic E-state index is 12.0. The second-order valence-electron chi connectivity index (χ2n) is 8.11. The topological polar surface area (TPSA) is 140 Å². The molecule has 1 atom stereocenters. The molecule has 2 rings (SSSR count). The number of nitrogens with one attached hydrogen (secondary N) is 2. The van der Waals surface area contributed by atoms with Gasteiger partial charge in [0.05, 0.1) is 6.61 Å². The van der Waals surface area contributed by atoms with Gasteiger partial charge in [-0.25, -0.2) is 5.48 Å². The lowest BCUT2D eigenvalue weighted by Crippen LogP contribution is -2.35. The summed E-state index contributed by atoms with van der Waals surface area (Å²) in [6.45, 7) is 0.298. The predicted octanol–water partition coefficient (Wildman–Crippen LogP) is 3.05. The molecule has 5 N–H and O–H groups in total. The Morgan fingerprint density at radius 2 is 1.62 bits per heavy atom. The zero-order valence-corrected chi connectivity index (χ0v) is 18.5. The summed E-state index contributed by atoms with van der Waals surface area (Å²) in [6, 6.07) is 6.33. The lowest BCUT2D eigenvalue weighted by molar-refractivity contribution is -0.150. The highest BCUT2D eigenvalue weighted by atomic mass is 16.5. The van der Waals surface area contributed by atoms with Gasteiger partial charge in [0, 0.05) is 24.9 Å². The molecule has 1 aromatic rings. The van der Waals surface area contributed by atoms with Gasteiger partial charge >= 0.3 is 5.97 Å². The van der Waals surface area contributed by atoms with Crippen LogP contribution in [0.3, 0.4) is 0 Å². The molecular formula is C23H35N3O6. The molecular weight excluding hydrogens is 414 g/mol. The van der Waals surface area contributed by atoms with Gasteiger partial charge in [-0.3, -0.25) is 19.6 Å². The number of ether oxygens (including phenoxy) is 2. The van der Waals surface area contributed by atoms with Crippen molar-refractivity contribution in [1.29, 1.82) is 0 Å². The summed E-state index contributed by atoms with van der Waals surface area (Å²) in [7, 11) is 0. The van der Waals surface area contributed by atoms with Gasteiger partial charge in [-0.15, -0.1) is 0 Å². The fraction of sp³-hybridized carbons (Fsp3) is 0.609. The number of anilines is 1. The summed E-state index contributed by atoms with van der Waals surface area (Å²) in [5, 5.41) is 11.3. The molecule has 0 bridgehead atoms. The number of nitrogens with two attached hydrogens (primary N) is 1. The lowest BCUT2D eigenvalue weighted by atomic mass is 10.1. The van der Waals surface area contributed by atoms with E-state index in [1.807, 2.05) is 0 Å². The van der Waals surface area contributed by atoms with Crippen molar-refractivity contribution in [2.45, 2.75) is 82.8 Å². The first-order valence-corrected chi connectivity index (χ1v) is 11.4. The number of esters is 1. The Hall–Kier alpha value is -2.65. The second kappa shape index (κ2) is 14.4. The van der Waals surface area contributed by atoms with Crippen LogP contribution in [0, 0.1) is 0 Å². The van der Waals surface area contributed by atoms with Crippen molar-refractivity contribution in [3.05, 3.63) is 24.3 Å². The maximum atomic E-state index is 12.0. The summed E-state index contributed by atoms with van der Waals surface area (Å²) in [6.07, 6.45) is 8.19. The highest BCUT2D eigenvalue weighted by Crippen LogP contribution is 2.21. The quantitative estimate of drug-likeness (QED) is 0.148. The highest BCUT2D eigenvalue weighted by Gasteiger charge is 2.23. The molecule has 0 aliphatic heterocycles. The van der Waals surface area contributed by atoms with E-state index in [-0.39, 0.29) is 30.3 Å². The number of benzene rings is 1. The zero-order chi connectivity index (χ0) is 23.2. The molecule has 2 amide bonds. The number of amides is 2. The predicted molar refractivity (Wildman–Crippen MR) is 119 cm³/mol. The molecule has 1 aliphatic rings. The fourth-order valence-corrected chi connectivity index (χ4v) is 3.52. The summed E-state index contributed by atoms with van der Waals surface area (Å²) in [5.74, 6) is -0.196. The van der Waals surface area contributed by atoms with Crippen LogP contribution in [0.25, 0.3) is 0 Å². The first-order valence-electron chi connectivity index (χ1n) is 11.4. The van der Waals surface area contributed by atoms with Crippen LogP contribution in [0.15, 0.2) is 24.3 Å². The van der Waals surface area contributed by atoms with Gasteiger partial charge in [-0.1, -0.05) is 12.8 Å². The van der Waals surface area contributed by atoms with Crippen LogP contribution in [-0.4, -0.2) is 41.7 Å². The average Bonchev–Trinajstić information content (AvgIpc) is 3.30. The monoisotopic (exact) mass is 449 g/mol. The van der Waals surface area contributed by atoms with Gasteiger partial charge < -0.3 is 20.5 Å². The number of rotatable bonds is 14. The van der Waals surface area contributed by atoms with E-state index in [4.69, 9.17) is 20.4 Å². The van der Waals surface area contributed by atoms with E-state index in [0.29, 0.717) is 37.3 Å². The van der Waals surface area contributed by atoms with Crippen LogP contribution in [0.5, 0.6) is 5.75 Å². The molecule has 1 saturated carbocycles. The third-order valence-electron chi connectivity index (χ3n) is 5.41. The Balaban J connectivity index is 1.57. The molecule has 1 aliphatic carbocycles. The minimum atomic E-state index is -0.694. The van der Waals surface area contributed by atoms with Gasteiger partial charge in [0.2, 0.25) is 11.8 Å². The number of hydrogen-bond donors (Lipinski definition) is 4. The summed E-state index contributed by atoms with van der Waals surface area (Å²) >= 11 is 0. The van der Waals surface area contributed by atoms with Crippen molar-refractivity contribution in [1.82, 2.24) is 5.48 Å². The van der Waals surface area contributed by atoms with E-state index in [0.717, 1.165) is 44.9 Å². The van der Waals surface area contributed by atoms with Crippen LogP contribution in [0.2, 0.25) is 0 Å². The molecule has 1 fully saturated rings. The van der Waals surface area contributed by atoms with E-state index < -0.39 is 6.04 Å². The summed E-state index contributed by atoms with van der Waals surface area (Å²) < 4.78 is 11.0. The minimum absolute atomic E-state index is 0.0114. The maximum Gasteiger partial charge on any atom is 0.323 e. The van der Waals surface area contributed by atoms with E-state index in [1.165, 1.54) is 0 Å². The van der Waals surface area contributed by atoms with E-state index in [2.05, 4.69) is 5.32 Å². The van der Waals surface area contributed by atoms with Crippen molar-refractivity contribution in [3.8, 4) is 5.75 Å². The van der Waals surface area contributed by atoms with Gasteiger partial charge in [0.1, 0.15) is 17.9 Å². The lowest BCUT2D eigenvalue weighted by Gasteiger charge is -2.16. The van der Waals surface area contributed by atoms with Crippen molar-refractivity contribution in [3.63, 3.8) is 0 Å². The molecule has 9 heteroatoms. The van der Waals surface area contributed by atoms with Crippen molar-refractivity contribution in [2.24, 2.45) is 5.73 Å². The van der Waals surface area contributed by atoms with Gasteiger partial charge in [0.15, 0.2) is 0 Å². The normalized spacial score (nSPS) is 14.6. The molecule has 1 aromatic carbocycles. The SMILES string of the molecule is NC(CCOc1ccc(NC(=O)CCCCCCC(=O)NO)cc1)C(=O)OC1CCCC1. The Morgan fingerprint density at radius 3 is 2.25 bits per heavy atom. The summed E-state index contributed by atoms with van der Waals surface area (Å²) in [4.78, 5) is 34.9. The number of hydrogen-bond acceptors (Lipinski definition) is 7. The second-order valence-corrected chi connectivity index (χ2v) is 8.11. The summed E-state index contributed by atoms with van der Waals surface area (Å²) in [5.41, 5.74) is 8.18. The van der Waals surface area contributed by atoms with Crippen LogP contribution >= 0.6 is 0 Å². The molecule has 0 radical (unpaired) electrons. The van der Waals surface area contributed by atoms with Crippen LogP contribution in [-0.2, 0) is 19.1 Å². The van der Waals surface area contributed by atoms with Crippen LogP contribution < -0.4 is 21.3 Å². The van der Waals surface area contributed by atoms with Crippen LogP contribution in [0.4, 0.5) is 5.69 Å². The molecule has 0 aromatic heterocycles. The number of unbranched alkanes of at least 4 members (excludes halogenated alkanes) is 3. The van der Waals surface area contributed by atoms with Crippen LogP contribution in [0.1, 0.15) is 70.6 Å². The van der Waals surface area contributed by atoms with Gasteiger partial charge in [0.25, 0.3) is 0 Å². The fourth-order valence-electron chi connectivity index (χ4n) is 3.52. The van der Waals surface area contributed by atoms with Gasteiger partial charge in [-0.2, -0.15) is 0 Å². The smallest absolute Gasteiger partial charge is 0.323 e. The Labute approximate surface area is 189 Å². The zero-order valence-electron chi connectivity index (χ0n) is 18.5. The van der Waals surface area contributed by atoms with E-state index in [1.54, 1.807) is 29.7 Å². The largest absolute Gasteiger partial charge is 0.494 e. The Morgan fingerprint density at radius 1 is 1.00 bits per heavy atom. The molecule has 0 spiro atoms. The average molecular weight is 450 g/mol. The minimum Gasteiger partial charge on any atom is -0.494 e. The first kappa shape index (κ1) is 25.6. The van der Waals surface area contributed by atoms with Crippen molar-refractivity contribution in [2.75, 3.05) is 11.9 Å². The third kappa shape index (κ3) is 10.1. The van der Waals surface area contributed by atoms with E-state index >= 15 is 0 Å². The third-order valence-corrected chi connectivity index (χ3v) is 5.41. The number of carbonyl (C=O) groups is 3. The molecule has 0 saturated heterocycles. The molecule has 9 nitrogen and oxygen atoms in total. The Kier molecular flexibility index (Phi) is 11.5. The molecule has 0 heterocycles. The first-order chi connectivity index (χ1) is 15.5. The molecule has 178 valence electrons.